The Hall–Kier alpha value is -3.06. The summed E-state index contributed by atoms with van der Waals surface area (Å²) in [4.78, 5) is 25.0. The summed E-state index contributed by atoms with van der Waals surface area (Å²) in [5, 5.41) is 0. The molecule has 0 bridgehead atoms. The van der Waals surface area contributed by atoms with Crippen LogP contribution in [0.15, 0.2) is 53.0 Å². The number of nitrogens with zero attached hydrogens (tertiary/aromatic N) is 1. The van der Waals surface area contributed by atoms with Crippen LogP contribution in [0, 0.1) is 13.8 Å². The third-order valence-corrected chi connectivity index (χ3v) is 5.29. The molecule has 0 spiro atoms. The van der Waals surface area contributed by atoms with Crippen LogP contribution >= 0.6 is 15.9 Å². The molecule has 1 aliphatic heterocycles. The molecule has 7 heteroatoms. The summed E-state index contributed by atoms with van der Waals surface area (Å²) < 4.78 is 18.7. The van der Waals surface area contributed by atoms with Crippen molar-refractivity contribution in [3.05, 3.63) is 75.5 Å². The summed E-state index contributed by atoms with van der Waals surface area (Å²) >= 11 is 3.43. The second kappa shape index (κ2) is 7.75. The molecule has 4 rings (SSSR count). The maximum atomic E-state index is 12.7. The zero-order chi connectivity index (χ0) is 20.5. The minimum atomic E-state index is -0.585. The van der Waals surface area contributed by atoms with E-state index >= 15 is 0 Å². The summed E-state index contributed by atoms with van der Waals surface area (Å²) in [5.41, 5.74) is 3.52. The van der Waals surface area contributed by atoms with Gasteiger partial charge in [0.25, 0.3) is 0 Å². The molecule has 0 atom stereocenters. The van der Waals surface area contributed by atoms with Gasteiger partial charge in [-0.05, 0) is 62.4 Å². The van der Waals surface area contributed by atoms with Crippen LogP contribution in [0.2, 0.25) is 0 Å². The SMILES string of the molecule is Cc1cc(C(=O)COC(=O)c2ccc3c(c2)OCO3)c(C)n1-c1ccc(Br)cc1. The normalized spacial score (nSPS) is 12.1. The van der Waals surface area contributed by atoms with E-state index in [1.165, 1.54) is 0 Å². The zero-order valence-electron chi connectivity index (χ0n) is 15.9. The van der Waals surface area contributed by atoms with Crippen LogP contribution < -0.4 is 9.47 Å². The number of aryl methyl sites for hydroxylation is 1. The van der Waals surface area contributed by atoms with Gasteiger partial charge in [-0.1, -0.05) is 15.9 Å². The van der Waals surface area contributed by atoms with Crippen molar-refractivity contribution in [3.8, 4) is 17.2 Å². The average Bonchev–Trinajstić information content (AvgIpc) is 3.30. The fourth-order valence-corrected chi connectivity index (χ4v) is 3.61. The van der Waals surface area contributed by atoms with Gasteiger partial charge in [-0.25, -0.2) is 4.79 Å². The molecule has 0 saturated carbocycles. The van der Waals surface area contributed by atoms with Gasteiger partial charge in [-0.2, -0.15) is 0 Å². The van der Waals surface area contributed by atoms with Crippen LogP contribution in [0.3, 0.4) is 0 Å². The first kappa shape index (κ1) is 19.3. The summed E-state index contributed by atoms with van der Waals surface area (Å²) in [5.74, 6) is 0.232. The largest absolute Gasteiger partial charge is 0.454 e. The highest BCUT2D eigenvalue weighted by Gasteiger charge is 2.20. The molecule has 0 N–H and O–H groups in total. The van der Waals surface area contributed by atoms with E-state index < -0.39 is 5.97 Å². The first-order valence-electron chi connectivity index (χ1n) is 8.99. The molecule has 29 heavy (non-hydrogen) atoms. The Bertz CT molecular complexity index is 1100. The van der Waals surface area contributed by atoms with Crippen LogP contribution in [-0.2, 0) is 4.74 Å². The monoisotopic (exact) mass is 455 g/mol. The minimum Gasteiger partial charge on any atom is -0.454 e. The standard InChI is InChI=1S/C22H18BrNO5/c1-13-9-18(14(2)24(13)17-6-4-16(23)5-7-17)19(25)11-27-22(26)15-3-8-20-21(10-15)29-12-28-20/h3-10H,11-12H2,1-2H3. The van der Waals surface area contributed by atoms with Crippen LogP contribution in [0.1, 0.15) is 32.1 Å². The molecule has 2 heterocycles. The molecule has 0 unspecified atom stereocenters. The first-order chi connectivity index (χ1) is 13.9. The second-order valence-electron chi connectivity index (χ2n) is 6.66. The number of halogens is 1. The fourth-order valence-electron chi connectivity index (χ4n) is 3.35. The number of fused-ring (bicyclic) bond motifs is 1. The number of hydrogen-bond acceptors (Lipinski definition) is 5. The fraction of sp³-hybridized carbons (Fsp3) is 0.182. The Morgan fingerprint density at radius 1 is 1.03 bits per heavy atom. The highest BCUT2D eigenvalue weighted by atomic mass is 79.9. The van der Waals surface area contributed by atoms with Crippen LogP contribution in [0.5, 0.6) is 11.5 Å². The number of aromatic nitrogens is 1. The van der Waals surface area contributed by atoms with Gasteiger partial charge < -0.3 is 18.8 Å². The van der Waals surface area contributed by atoms with E-state index in [2.05, 4.69) is 15.9 Å². The quantitative estimate of drug-likeness (QED) is 0.414. The number of carbonyl (C=O) groups is 2. The maximum Gasteiger partial charge on any atom is 0.338 e. The van der Waals surface area contributed by atoms with Crippen LogP contribution in [0.25, 0.3) is 5.69 Å². The lowest BCUT2D eigenvalue weighted by atomic mass is 10.1. The van der Waals surface area contributed by atoms with E-state index in [1.54, 1.807) is 18.2 Å². The third kappa shape index (κ3) is 3.78. The highest BCUT2D eigenvalue weighted by Crippen LogP contribution is 2.32. The lowest BCUT2D eigenvalue weighted by Gasteiger charge is -2.10. The molecule has 0 radical (unpaired) electrons. The summed E-state index contributed by atoms with van der Waals surface area (Å²) in [6, 6.07) is 14.4. The summed E-state index contributed by atoms with van der Waals surface area (Å²) in [6.07, 6.45) is 0. The number of ether oxygens (including phenoxy) is 3. The second-order valence-corrected chi connectivity index (χ2v) is 7.58. The Balaban J connectivity index is 1.48. The number of benzene rings is 2. The van der Waals surface area contributed by atoms with Crippen molar-refractivity contribution in [1.29, 1.82) is 0 Å². The molecular weight excluding hydrogens is 438 g/mol. The van der Waals surface area contributed by atoms with E-state index in [9.17, 15) is 9.59 Å². The van der Waals surface area contributed by atoms with Crippen molar-refractivity contribution in [3.63, 3.8) is 0 Å². The van der Waals surface area contributed by atoms with E-state index in [0.29, 0.717) is 22.6 Å². The predicted molar refractivity (Wildman–Crippen MR) is 110 cm³/mol. The van der Waals surface area contributed by atoms with E-state index in [4.69, 9.17) is 14.2 Å². The molecule has 0 aliphatic carbocycles. The number of ketones is 1. The lowest BCUT2D eigenvalue weighted by molar-refractivity contribution is 0.0474. The minimum absolute atomic E-state index is 0.125. The van der Waals surface area contributed by atoms with Gasteiger partial charge in [-0.3, -0.25) is 4.79 Å². The predicted octanol–water partition coefficient (Wildman–Crippen LogP) is 4.63. The van der Waals surface area contributed by atoms with Gasteiger partial charge in [0.15, 0.2) is 18.1 Å². The molecule has 1 aliphatic rings. The Labute approximate surface area is 176 Å². The number of carbonyl (C=O) groups excluding carboxylic acids is 2. The highest BCUT2D eigenvalue weighted by molar-refractivity contribution is 9.10. The van der Waals surface area contributed by atoms with Gasteiger partial charge in [0.2, 0.25) is 12.6 Å². The van der Waals surface area contributed by atoms with Gasteiger partial charge >= 0.3 is 5.97 Å². The van der Waals surface area contributed by atoms with Gasteiger partial charge in [0, 0.05) is 27.1 Å². The van der Waals surface area contributed by atoms with Crippen molar-refractivity contribution < 1.29 is 23.8 Å². The van der Waals surface area contributed by atoms with Crippen molar-refractivity contribution in [1.82, 2.24) is 4.57 Å². The van der Waals surface area contributed by atoms with Crippen molar-refractivity contribution >= 4 is 27.7 Å². The Morgan fingerprint density at radius 2 is 1.76 bits per heavy atom. The summed E-state index contributed by atoms with van der Waals surface area (Å²) in [6.45, 7) is 3.60. The van der Waals surface area contributed by atoms with E-state index in [0.717, 1.165) is 21.5 Å². The average molecular weight is 456 g/mol. The molecule has 0 amide bonds. The topological polar surface area (TPSA) is 66.8 Å². The van der Waals surface area contributed by atoms with Gasteiger partial charge in [0.1, 0.15) is 0 Å². The number of hydrogen-bond donors (Lipinski definition) is 0. The maximum absolute atomic E-state index is 12.7. The number of esters is 1. The molecule has 148 valence electrons. The van der Waals surface area contributed by atoms with Crippen LogP contribution in [-0.4, -0.2) is 29.7 Å². The Morgan fingerprint density at radius 3 is 2.52 bits per heavy atom. The molecular formula is C22H18BrNO5. The van der Waals surface area contributed by atoms with Gasteiger partial charge in [-0.15, -0.1) is 0 Å². The van der Waals surface area contributed by atoms with Crippen LogP contribution in [0.4, 0.5) is 0 Å². The first-order valence-corrected chi connectivity index (χ1v) is 9.78. The molecule has 1 aromatic heterocycles. The molecule has 6 nitrogen and oxygen atoms in total. The number of rotatable bonds is 5. The zero-order valence-corrected chi connectivity index (χ0v) is 17.5. The summed E-state index contributed by atoms with van der Waals surface area (Å²) in [7, 11) is 0. The van der Waals surface area contributed by atoms with E-state index in [1.807, 2.05) is 48.7 Å². The molecule has 2 aromatic carbocycles. The molecule has 0 saturated heterocycles. The van der Waals surface area contributed by atoms with Crippen molar-refractivity contribution in [2.45, 2.75) is 13.8 Å². The molecule has 3 aromatic rings. The molecule has 0 fully saturated rings. The third-order valence-electron chi connectivity index (χ3n) is 4.76. The van der Waals surface area contributed by atoms with Gasteiger partial charge in [0.05, 0.1) is 5.56 Å². The number of Topliss-reactive ketones (excluding diaryl/α,β-unsaturated/α-hetero) is 1. The van der Waals surface area contributed by atoms with E-state index in [-0.39, 0.29) is 19.2 Å². The van der Waals surface area contributed by atoms with Crippen molar-refractivity contribution in [2.24, 2.45) is 0 Å². The Kier molecular flexibility index (Phi) is 5.15. The van der Waals surface area contributed by atoms with Crippen molar-refractivity contribution in [2.75, 3.05) is 13.4 Å². The smallest absolute Gasteiger partial charge is 0.338 e. The lowest BCUT2D eigenvalue weighted by Crippen LogP contribution is -2.15.